The van der Waals surface area contributed by atoms with Gasteiger partial charge in [-0.2, -0.15) is 9.78 Å². The summed E-state index contributed by atoms with van der Waals surface area (Å²) >= 11 is 10.1. The second kappa shape index (κ2) is 12.3. The minimum atomic E-state index is -0.462. The van der Waals surface area contributed by atoms with E-state index in [1.165, 1.54) is 23.0 Å². The number of benzene rings is 4. The monoisotopic (exact) mass is 672 g/mol. The Labute approximate surface area is 263 Å². The van der Waals surface area contributed by atoms with Gasteiger partial charge in [-0.05, 0) is 78.7 Å². The van der Waals surface area contributed by atoms with Crippen LogP contribution >= 0.6 is 27.5 Å². The molecule has 0 aliphatic rings. The molecule has 0 bridgehead atoms. The van der Waals surface area contributed by atoms with Crippen LogP contribution in [0.25, 0.3) is 33.5 Å². The first-order chi connectivity index (χ1) is 21.3. The SMILES string of the molecule is CCOc1cc(C=Nn2c(-c3cc4cc(Br)ccc4o3)nc3ccccc3c2=O)cc(Cl)c1OCc1ccc([N+](=O)[O-])cc1. The average Bonchev–Trinajstić information content (AvgIpc) is 3.43. The lowest BCUT2D eigenvalue weighted by atomic mass is 10.2. The Morgan fingerprint density at radius 3 is 2.64 bits per heavy atom. The van der Waals surface area contributed by atoms with E-state index >= 15 is 0 Å². The van der Waals surface area contributed by atoms with Crippen LogP contribution in [0, 0.1) is 10.1 Å². The summed E-state index contributed by atoms with van der Waals surface area (Å²) in [6.07, 6.45) is 1.48. The quantitative estimate of drug-likeness (QED) is 0.0866. The molecule has 0 radical (unpaired) electrons. The Bertz CT molecular complexity index is 2120. The van der Waals surface area contributed by atoms with Gasteiger partial charge in [0.15, 0.2) is 17.3 Å². The Hall–Kier alpha value is -5.00. The number of nitro groups is 1. The molecule has 0 spiro atoms. The first kappa shape index (κ1) is 29.1. The second-order valence-corrected chi connectivity index (χ2v) is 10.9. The van der Waals surface area contributed by atoms with Gasteiger partial charge < -0.3 is 13.9 Å². The van der Waals surface area contributed by atoms with E-state index in [2.05, 4.69) is 21.0 Å². The molecule has 0 aliphatic carbocycles. The van der Waals surface area contributed by atoms with Crippen LogP contribution in [0.1, 0.15) is 18.1 Å². The third kappa shape index (κ3) is 5.92. The molecule has 0 amide bonds. The van der Waals surface area contributed by atoms with E-state index < -0.39 is 4.92 Å². The molecule has 0 unspecified atom stereocenters. The van der Waals surface area contributed by atoms with Crippen LogP contribution in [0.15, 0.2) is 104 Å². The van der Waals surface area contributed by atoms with E-state index in [9.17, 15) is 14.9 Å². The molecule has 220 valence electrons. The van der Waals surface area contributed by atoms with Gasteiger partial charge in [0, 0.05) is 22.0 Å². The summed E-state index contributed by atoms with van der Waals surface area (Å²) in [5.74, 6) is 1.29. The van der Waals surface area contributed by atoms with Crippen LogP contribution < -0.4 is 15.0 Å². The number of rotatable bonds is 9. The van der Waals surface area contributed by atoms with Crippen molar-refractivity contribution in [2.45, 2.75) is 13.5 Å². The average molecular weight is 674 g/mol. The summed E-state index contributed by atoms with van der Waals surface area (Å²) < 4.78 is 19.9. The van der Waals surface area contributed by atoms with Crippen molar-refractivity contribution in [2.24, 2.45) is 5.10 Å². The lowest BCUT2D eigenvalue weighted by molar-refractivity contribution is -0.384. The molecule has 44 heavy (non-hydrogen) atoms. The van der Waals surface area contributed by atoms with Crippen LogP contribution in [0.3, 0.4) is 0 Å². The van der Waals surface area contributed by atoms with Crippen LogP contribution in [-0.2, 0) is 6.61 Å². The van der Waals surface area contributed by atoms with Crippen molar-refractivity contribution >= 4 is 61.3 Å². The van der Waals surface area contributed by atoms with E-state index in [0.717, 1.165) is 9.86 Å². The number of fused-ring (bicyclic) bond motifs is 2. The van der Waals surface area contributed by atoms with Crippen molar-refractivity contribution in [3.63, 3.8) is 0 Å². The van der Waals surface area contributed by atoms with E-state index in [0.29, 0.717) is 51.5 Å². The zero-order chi connectivity index (χ0) is 30.8. The number of para-hydroxylation sites is 1. The lowest BCUT2D eigenvalue weighted by Crippen LogP contribution is -2.20. The van der Waals surface area contributed by atoms with E-state index in [1.807, 2.05) is 37.3 Å². The van der Waals surface area contributed by atoms with Crippen LogP contribution in [0.5, 0.6) is 11.5 Å². The highest BCUT2D eigenvalue weighted by molar-refractivity contribution is 9.10. The minimum Gasteiger partial charge on any atom is -0.490 e. The highest BCUT2D eigenvalue weighted by Gasteiger charge is 2.18. The fourth-order valence-electron chi connectivity index (χ4n) is 4.57. The fraction of sp³-hybridized carbons (Fsp3) is 0.0938. The van der Waals surface area contributed by atoms with E-state index in [-0.39, 0.29) is 28.7 Å². The third-order valence-electron chi connectivity index (χ3n) is 6.64. The molecule has 6 rings (SSSR count). The highest BCUT2D eigenvalue weighted by Crippen LogP contribution is 2.37. The number of aromatic nitrogens is 2. The molecule has 2 heterocycles. The molecular weight excluding hydrogens is 652 g/mol. The molecule has 0 saturated heterocycles. The Balaban J connectivity index is 1.37. The maximum atomic E-state index is 13.6. The number of furan rings is 1. The molecular formula is C32H22BrClN4O6. The molecule has 0 N–H and O–H groups in total. The van der Waals surface area contributed by atoms with Crippen LogP contribution in [-0.4, -0.2) is 27.4 Å². The van der Waals surface area contributed by atoms with Crippen molar-refractivity contribution in [3.8, 4) is 23.1 Å². The molecule has 2 aromatic heterocycles. The third-order valence-corrected chi connectivity index (χ3v) is 7.41. The fourth-order valence-corrected chi connectivity index (χ4v) is 5.23. The maximum absolute atomic E-state index is 13.6. The minimum absolute atomic E-state index is 0.0114. The Morgan fingerprint density at radius 1 is 1.07 bits per heavy atom. The molecule has 12 heteroatoms. The topological polar surface area (TPSA) is 122 Å². The summed E-state index contributed by atoms with van der Waals surface area (Å²) in [5, 5.41) is 17.0. The van der Waals surface area contributed by atoms with Crippen LogP contribution in [0.2, 0.25) is 5.02 Å². The number of halogens is 2. The van der Waals surface area contributed by atoms with Crippen molar-refractivity contribution in [2.75, 3.05) is 6.61 Å². The molecule has 10 nitrogen and oxygen atoms in total. The molecule has 6 aromatic rings. The van der Waals surface area contributed by atoms with Gasteiger partial charge in [0.05, 0.1) is 33.7 Å². The predicted octanol–water partition coefficient (Wildman–Crippen LogP) is 7.99. The number of ether oxygens (including phenoxy) is 2. The molecule has 0 saturated carbocycles. The van der Waals surface area contributed by atoms with Gasteiger partial charge in [-0.3, -0.25) is 14.9 Å². The van der Waals surface area contributed by atoms with Crippen molar-refractivity contribution in [1.29, 1.82) is 0 Å². The van der Waals surface area contributed by atoms with Gasteiger partial charge in [-0.15, -0.1) is 0 Å². The number of nitro benzene ring substituents is 1. The summed E-state index contributed by atoms with van der Waals surface area (Å²) in [6.45, 7) is 2.28. The molecule has 4 aromatic carbocycles. The first-order valence-corrected chi connectivity index (χ1v) is 14.6. The van der Waals surface area contributed by atoms with E-state index in [1.54, 1.807) is 42.5 Å². The number of nitrogens with zero attached hydrogens (tertiary/aromatic N) is 4. The zero-order valence-electron chi connectivity index (χ0n) is 23.1. The largest absolute Gasteiger partial charge is 0.490 e. The number of non-ortho nitro benzene ring substituents is 1. The summed E-state index contributed by atoms with van der Waals surface area (Å²) in [5.41, 5.74) is 2.02. The normalized spacial score (nSPS) is 11.4. The highest BCUT2D eigenvalue weighted by atomic mass is 79.9. The Morgan fingerprint density at radius 2 is 1.86 bits per heavy atom. The number of hydrogen-bond acceptors (Lipinski definition) is 8. The van der Waals surface area contributed by atoms with Gasteiger partial charge in [0.1, 0.15) is 12.2 Å². The maximum Gasteiger partial charge on any atom is 0.282 e. The smallest absolute Gasteiger partial charge is 0.282 e. The van der Waals surface area contributed by atoms with E-state index in [4.69, 9.17) is 30.5 Å². The summed E-state index contributed by atoms with van der Waals surface area (Å²) in [4.78, 5) is 28.8. The van der Waals surface area contributed by atoms with Gasteiger partial charge in [0.25, 0.3) is 11.2 Å². The van der Waals surface area contributed by atoms with Crippen LogP contribution in [0.4, 0.5) is 5.69 Å². The number of hydrogen-bond donors (Lipinski definition) is 0. The van der Waals surface area contributed by atoms with Gasteiger partial charge in [-0.1, -0.05) is 39.7 Å². The standard InChI is InChI=1S/C32H22BrClN4O6/c1-2-42-28-14-20(13-25(34)30(28)43-18-19-7-10-23(11-8-19)38(40)41)17-35-37-31(36-26-6-4-3-5-24(26)32(37)39)29-16-21-15-22(33)9-12-27(21)44-29/h3-17H,2,18H2,1H3. The van der Waals surface area contributed by atoms with Gasteiger partial charge in [0.2, 0.25) is 5.82 Å². The lowest BCUT2D eigenvalue weighted by Gasteiger charge is -2.14. The second-order valence-electron chi connectivity index (χ2n) is 9.58. The zero-order valence-corrected chi connectivity index (χ0v) is 25.4. The predicted molar refractivity (Wildman–Crippen MR) is 172 cm³/mol. The van der Waals surface area contributed by atoms with Crippen molar-refractivity contribution in [3.05, 3.63) is 126 Å². The first-order valence-electron chi connectivity index (χ1n) is 13.4. The molecule has 0 fully saturated rings. The Kier molecular flexibility index (Phi) is 8.14. The van der Waals surface area contributed by atoms with Gasteiger partial charge in [-0.25, -0.2) is 4.98 Å². The summed E-state index contributed by atoms with van der Waals surface area (Å²) in [7, 11) is 0. The molecule has 0 aliphatic heterocycles. The summed E-state index contributed by atoms with van der Waals surface area (Å²) in [6, 6.07) is 23.8. The van der Waals surface area contributed by atoms with Crippen molar-refractivity contribution in [1.82, 2.24) is 9.66 Å². The van der Waals surface area contributed by atoms with Gasteiger partial charge >= 0.3 is 0 Å². The molecule has 0 atom stereocenters. The van der Waals surface area contributed by atoms with Crippen molar-refractivity contribution < 1.29 is 18.8 Å².